The highest BCUT2D eigenvalue weighted by molar-refractivity contribution is 7.98. The van der Waals surface area contributed by atoms with Crippen LogP contribution in [0.5, 0.6) is 5.75 Å². The third kappa shape index (κ3) is 4.73. The number of morpholine rings is 1. The molecule has 0 unspecified atom stereocenters. The maximum atomic E-state index is 5.51. The van der Waals surface area contributed by atoms with Gasteiger partial charge in [-0.15, -0.1) is 21.5 Å². The van der Waals surface area contributed by atoms with Gasteiger partial charge in [0.25, 0.3) is 0 Å². The summed E-state index contributed by atoms with van der Waals surface area (Å²) < 4.78 is 13.1. The molecule has 2 aromatic heterocycles. The first kappa shape index (κ1) is 20.2. The van der Waals surface area contributed by atoms with Crippen molar-refractivity contribution in [2.45, 2.75) is 31.3 Å². The van der Waals surface area contributed by atoms with Crippen molar-refractivity contribution in [3.8, 4) is 16.3 Å². The number of nitrogens with zero attached hydrogens (tertiary/aromatic N) is 5. The summed E-state index contributed by atoms with van der Waals surface area (Å²) in [6.07, 6.45) is 0. The first-order valence-electron chi connectivity index (χ1n) is 9.84. The van der Waals surface area contributed by atoms with Crippen molar-refractivity contribution in [3.05, 3.63) is 35.3 Å². The smallest absolute Gasteiger partial charge is 0.228 e. The van der Waals surface area contributed by atoms with E-state index in [0.717, 1.165) is 71.7 Å². The summed E-state index contributed by atoms with van der Waals surface area (Å²) in [5, 5.41) is 12.9. The Balaban J connectivity index is 1.41. The summed E-state index contributed by atoms with van der Waals surface area (Å²) in [5.41, 5.74) is 2.17. The van der Waals surface area contributed by atoms with Gasteiger partial charge in [-0.05, 0) is 38.1 Å². The average molecular weight is 432 g/mol. The van der Waals surface area contributed by atoms with Crippen LogP contribution in [0.1, 0.15) is 19.5 Å². The Morgan fingerprint density at radius 3 is 2.66 bits per heavy atom. The van der Waals surface area contributed by atoms with Gasteiger partial charge >= 0.3 is 0 Å². The molecule has 0 radical (unpaired) electrons. The predicted octanol–water partition coefficient (Wildman–Crippen LogP) is 3.95. The molecule has 0 amide bonds. The fourth-order valence-electron chi connectivity index (χ4n) is 3.17. The molecule has 7 nitrogen and oxygen atoms in total. The number of hydrogen-bond donors (Lipinski definition) is 0. The molecule has 4 rings (SSSR count). The zero-order valence-corrected chi connectivity index (χ0v) is 18.3. The molecule has 3 heterocycles. The summed E-state index contributed by atoms with van der Waals surface area (Å²) >= 11 is 3.35. The molecule has 1 saturated heterocycles. The Hall–Kier alpha value is -2.10. The molecule has 1 aliphatic rings. The number of thiazole rings is 1. The Morgan fingerprint density at radius 2 is 1.93 bits per heavy atom. The molecule has 9 heteroatoms. The van der Waals surface area contributed by atoms with E-state index in [0.29, 0.717) is 6.61 Å². The first-order chi connectivity index (χ1) is 14.3. The van der Waals surface area contributed by atoms with Gasteiger partial charge in [0.1, 0.15) is 10.8 Å². The number of ether oxygens (including phenoxy) is 2. The topological polar surface area (TPSA) is 65.3 Å². The van der Waals surface area contributed by atoms with Gasteiger partial charge in [-0.3, -0.25) is 4.57 Å². The summed E-state index contributed by atoms with van der Waals surface area (Å²) in [4.78, 5) is 7.04. The van der Waals surface area contributed by atoms with Crippen molar-refractivity contribution < 1.29 is 9.47 Å². The molecule has 0 N–H and O–H groups in total. The number of thioether (sulfide) groups is 1. The Morgan fingerprint density at radius 1 is 1.14 bits per heavy atom. The van der Waals surface area contributed by atoms with Gasteiger partial charge < -0.3 is 14.4 Å². The monoisotopic (exact) mass is 431 g/mol. The second-order valence-electron chi connectivity index (χ2n) is 6.52. The van der Waals surface area contributed by atoms with Gasteiger partial charge in [-0.1, -0.05) is 11.8 Å². The largest absolute Gasteiger partial charge is 0.494 e. The molecule has 0 spiro atoms. The Bertz CT molecular complexity index is 919. The number of hydrogen-bond acceptors (Lipinski definition) is 8. The lowest BCUT2D eigenvalue weighted by Gasteiger charge is -2.27. The third-order valence-corrected chi connectivity index (χ3v) is 6.56. The summed E-state index contributed by atoms with van der Waals surface area (Å²) in [5.74, 6) is 2.60. The van der Waals surface area contributed by atoms with Crippen LogP contribution in [-0.4, -0.2) is 52.7 Å². The fraction of sp³-hybridized carbons (Fsp3) is 0.450. The summed E-state index contributed by atoms with van der Waals surface area (Å²) in [6, 6.07) is 8.10. The molecule has 0 saturated carbocycles. The molecule has 1 aromatic carbocycles. The lowest BCUT2D eigenvalue weighted by molar-refractivity contribution is 0.121. The van der Waals surface area contributed by atoms with Crippen LogP contribution in [0.15, 0.2) is 34.8 Å². The van der Waals surface area contributed by atoms with Crippen LogP contribution < -0.4 is 9.64 Å². The van der Waals surface area contributed by atoms with E-state index in [1.54, 1.807) is 23.1 Å². The second kappa shape index (κ2) is 9.60. The highest BCUT2D eigenvalue weighted by Gasteiger charge is 2.20. The lowest BCUT2D eigenvalue weighted by atomic mass is 10.2. The average Bonchev–Trinajstić information content (AvgIpc) is 3.40. The second-order valence-corrected chi connectivity index (χ2v) is 8.32. The molecule has 1 aliphatic heterocycles. The fourth-order valence-corrected chi connectivity index (χ4v) is 4.99. The minimum atomic E-state index is 0.674. The minimum Gasteiger partial charge on any atom is -0.494 e. The van der Waals surface area contributed by atoms with E-state index in [2.05, 4.69) is 44.1 Å². The number of anilines is 1. The van der Waals surface area contributed by atoms with E-state index < -0.39 is 0 Å². The molecular formula is C20H25N5O2S2. The summed E-state index contributed by atoms with van der Waals surface area (Å²) in [7, 11) is 0. The lowest BCUT2D eigenvalue weighted by Crippen LogP contribution is -2.38. The standard InChI is InChI=1S/C20H25N5O2S2/c1-3-25-19(24-9-11-26-12-10-24)22-23-20(25)29-14-16-13-28-18(21-16)15-5-7-17(8-6-15)27-4-2/h5-8,13H,3-4,9-12,14H2,1-2H3. The predicted molar refractivity (Wildman–Crippen MR) is 117 cm³/mol. The highest BCUT2D eigenvalue weighted by atomic mass is 32.2. The van der Waals surface area contributed by atoms with E-state index in [1.807, 2.05) is 19.1 Å². The SMILES string of the molecule is CCOc1ccc(-c2nc(CSc3nnc(N4CCOCC4)n3CC)cs2)cc1. The van der Waals surface area contributed by atoms with Crippen LogP contribution in [0.2, 0.25) is 0 Å². The number of aromatic nitrogens is 4. The number of rotatable bonds is 8. The van der Waals surface area contributed by atoms with Crippen LogP contribution in [0.25, 0.3) is 10.6 Å². The van der Waals surface area contributed by atoms with Gasteiger partial charge in [0.15, 0.2) is 5.16 Å². The van der Waals surface area contributed by atoms with Gasteiger partial charge in [0.2, 0.25) is 5.95 Å². The number of benzene rings is 1. The van der Waals surface area contributed by atoms with E-state index in [4.69, 9.17) is 14.5 Å². The van der Waals surface area contributed by atoms with E-state index >= 15 is 0 Å². The van der Waals surface area contributed by atoms with Crippen LogP contribution >= 0.6 is 23.1 Å². The van der Waals surface area contributed by atoms with Crippen LogP contribution in [0.4, 0.5) is 5.95 Å². The molecule has 0 aliphatic carbocycles. The van der Waals surface area contributed by atoms with E-state index in [1.165, 1.54) is 0 Å². The van der Waals surface area contributed by atoms with Crippen LogP contribution in [0, 0.1) is 0 Å². The van der Waals surface area contributed by atoms with Gasteiger partial charge in [0.05, 0.1) is 25.5 Å². The molecule has 3 aromatic rings. The van der Waals surface area contributed by atoms with Crippen molar-refractivity contribution >= 4 is 29.0 Å². The molecule has 1 fully saturated rings. The quantitative estimate of drug-likeness (QED) is 0.500. The Kier molecular flexibility index (Phi) is 6.68. The molecule has 154 valence electrons. The van der Waals surface area contributed by atoms with Crippen molar-refractivity contribution in [2.75, 3.05) is 37.8 Å². The summed E-state index contributed by atoms with van der Waals surface area (Å²) in [6.45, 7) is 8.84. The van der Waals surface area contributed by atoms with E-state index in [-0.39, 0.29) is 0 Å². The van der Waals surface area contributed by atoms with Gasteiger partial charge in [0, 0.05) is 36.3 Å². The van der Waals surface area contributed by atoms with Crippen molar-refractivity contribution in [1.29, 1.82) is 0 Å². The maximum absolute atomic E-state index is 5.51. The van der Waals surface area contributed by atoms with Crippen LogP contribution in [-0.2, 0) is 17.0 Å². The zero-order chi connectivity index (χ0) is 20.1. The molecule has 29 heavy (non-hydrogen) atoms. The molecule has 0 atom stereocenters. The molecule has 0 bridgehead atoms. The van der Waals surface area contributed by atoms with Gasteiger partial charge in [-0.25, -0.2) is 4.98 Å². The van der Waals surface area contributed by atoms with Crippen molar-refractivity contribution in [3.63, 3.8) is 0 Å². The van der Waals surface area contributed by atoms with E-state index in [9.17, 15) is 0 Å². The Labute approximate surface area is 179 Å². The van der Waals surface area contributed by atoms with Gasteiger partial charge in [-0.2, -0.15) is 0 Å². The van der Waals surface area contributed by atoms with Crippen molar-refractivity contribution in [1.82, 2.24) is 19.7 Å². The molecular weight excluding hydrogens is 406 g/mol. The van der Waals surface area contributed by atoms with Crippen molar-refractivity contribution in [2.24, 2.45) is 0 Å². The normalized spacial score (nSPS) is 14.3. The highest BCUT2D eigenvalue weighted by Crippen LogP contribution is 2.30. The third-order valence-electron chi connectivity index (χ3n) is 4.62. The zero-order valence-electron chi connectivity index (χ0n) is 16.7. The van der Waals surface area contributed by atoms with Crippen LogP contribution in [0.3, 0.4) is 0 Å². The maximum Gasteiger partial charge on any atom is 0.228 e. The first-order valence-corrected chi connectivity index (χ1v) is 11.7. The minimum absolute atomic E-state index is 0.674.